The number of hydrogen-bond acceptors (Lipinski definition) is 5. The molecule has 0 spiro atoms. The van der Waals surface area contributed by atoms with Crippen LogP contribution in [0.25, 0.3) is 0 Å². The van der Waals surface area contributed by atoms with Crippen LogP contribution in [0.1, 0.15) is 20.3 Å². The predicted molar refractivity (Wildman–Crippen MR) is 70.3 cm³/mol. The van der Waals surface area contributed by atoms with Gasteiger partial charge in [0.15, 0.2) is 0 Å². The third-order valence-electron chi connectivity index (χ3n) is 3.61. The van der Waals surface area contributed by atoms with E-state index in [4.69, 9.17) is 4.74 Å². The molecular formula is C12H22N2O2S. The summed E-state index contributed by atoms with van der Waals surface area (Å²) < 4.78 is 5.32. The fraction of sp³-hybridized carbons (Fsp3) is 0.917. The molecule has 2 rings (SSSR count). The van der Waals surface area contributed by atoms with Gasteiger partial charge < -0.3 is 10.1 Å². The highest BCUT2D eigenvalue weighted by atomic mass is 32.2. The molecule has 2 saturated heterocycles. The Labute approximate surface area is 107 Å². The van der Waals surface area contributed by atoms with Crippen LogP contribution in [0.15, 0.2) is 0 Å². The smallest absolute Gasteiger partial charge is 0.327 e. The Morgan fingerprint density at radius 1 is 1.53 bits per heavy atom. The number of nitrogens with one attached hydrogen (secondary N) is 1. The van der Waals surface area contributed by atoms with Crippen molar-refractivity contribution in [3.05, 3.63) is 0 Å². The number of ether oxygens (including phenoxy) is 1. The Hall–Kier alpha value is -0.260. The number of carbonyl (C=O) groups excluding carboxylic acids is 1. The molecule has 5 heteroatoms. The number of hydrogen-bond donors (Lipinski definition) is 1. The van der Waals surface area contributed by atoms with Crippen LogP contribution >= 0.6 is 11.8 Å². The minimum Gasteiger partial charge on any atom is -0.465 e. The molecule has 1 N–H and O–H groups in total. The lowest BCUT2D eigenvalue weighted by molar-refractivity contribution is -0.157. The maximum absolute atomic E-state index is 12.3. The van der Waals surface area contributed by atoms with Crippen molar-refractivity contribution in [3.63, 3.8) is 0 Å². The zero-order chi connectivity index (χ0) is 12.3. The summed E-state index contributed by atoms with van der Waals surface area (Å²) in [7, 11) is 0. The molecule has 4 nitrogen and oxygen atoms in total. The van der Waals surface area contributed by atoms with Crippen molar-refractivity contribution in [2.75, 3.05) is 38.5 Å². The molecule has 2 unspecified atom stereocenters. The summed E-state index contributed by atoms with van der Waals surface area (Å²) >= 11 is 1.89. The highest BCUT2D eigenvalue weighted by molar-refractivity contribution is 8.00. The van der Waals surface area contributed by atoms with Crippen LogP contribution in [0.2, 0.25) is 0 Å². The highest BCUT2D eigenvalue weighted by Gasteiger charge is 2.50. The van der Waals surface area contributed by atoms with E-state index in [0.29, 0.717) is 11.9 Å². The van der Waals surface area contributed by atoms with Crippen molar-refractivity contribution in [1.29, 1.82) is 0 Å². The Bertz CT molecular complexity index is 282. The number of thioether (sulfide) groups is 1. The fourth-order valence-corrected chi connectivity index (χ4v) is 4.10. The summed E-state index contributed by atoms with van der Waals surface area (Å²) in [5.41, 5.74) is -0.359. The quantitative estimate of drug-likeness (QED) is 0.756. The Morgan fingerprint density at radius 3 is 2.76 bits per heavy atom. The number of esters is 1. The van der Waals surface area contributed by atoms with Gasteiger partial charge in [-0.15, -0.1) is 0 Å². The van der Waals surface area contributed by atoms with E-state index in [1.54, 1.807) is 0 Å². The van der Waals surface area contributed by atoms with Gasteiger partial charge in [0.1, 0.15) is 5.54 Å². The first-order valence-electron chi connectivity index (χ1n) is 6.43. The molecule has 0 aromatic heterocycles. The summed E-state index contributed by atoms with van der Waals surface area (Å²) in [6, 6.07) is 0. The SMILES string of the molecule is CCOC(=O)C1(N2CCNCC2)CSC(C)C1. The summed E-state index contributed by atoms with van der Waals surface area (Å²) in [6.45, 7) is 8.41. The molecule has 2 atom stereocenters. The minimum absolute atomic E-state index is 0.0150. The molecule has 2 heterocycles. The van der Waals surface area contributed by atoms with E-state index >= 15 is 0 Å². The van der Waals surface area contributed by atoms with Crippen molar-refractivity contribution in [1.82, 2.24) is 10.2 Å². The van der Waals surface area contributed by atoms with Crippen molar-refractivity contribution in [2.24, 2.45) is 0 Å². The fourth-order valence-electron chi connectivity index (χ4n) is 2.72. The average molecular weight is 258 g/mol. The van der Waals surface area contributed by atoms with Crippen molar-refractivity contribution >= 4 is 17.7 Å². The molecule has 0 aromatic rings. The number of nitrogens with zero attached hydrogens (tertiary/aromatic N) is 1. The van der Waals surface area contributed by atoms with Gasteiger partial charge in [-0.1, -0.05) is 6.92 Å². The zero-order valence-electron chi connectivity index (χ0n) is 10.7. The topological polar surface area (TPSA) is 41.6 Å². The molecule has 0 aliphatic carbocycles. The van der Waals surface area contributed by atoms with E-state index < -0.39 is 0 Å². The minimum atomic E-state index is -0.359. The summed E-state index contributed by atoms with van der Waals surface area (Å²) in [4.78, 5) is 14.6. The van der Waals surface area contributed by atoms with E-state index in [0.717, 1.165) is 38.4 Å². The second-order valence-electron chi connectivity index (χ2n) is 4.81. The molecule has 0 aromatic carbocycles. The summed E-state index contributed by atoms with van der Waals surface area (Å²) in [5, 5.41) is 3.89. The first-order chi connectivity index (χ1) is 8.19. The Kier molecular flexibility index (Phi) is 4.33. The van der Waals surface area contributed by atoms with Gasteiger partial charge >= 0.3 is 5.97 Å². The van der Waals surface area contributed by atoms with Gasteiger partial charge in [-0.2, -0.15) is 11.8 Å². The lowest BCUT2D eigenvalue weighted by Crippen LogP contribution is -2.61. The van der Waals surface area contributed by atoms with Gasteiger partial charge in [0.2, 0.25) is 0 Å². The van der Waals surface area contributed by atoms with Gasteiger partial charge in [-0.25, -0.2) is 0 Å². The number of piperazine rings is 1. The maximum Gasteiger partial charge on any atom is 0.327 e. The largest absolute Gasteiger partial charge is 0.465 e. The molecule has 0 bridgehead atoms. The molecular weight excluding hydrogens is 236 g/mol. The first-order valence-corrected chi connectivity index (χ1v) is 7.48. The first kappa shape index (κ1) is 13.2. The number of rotatable bonds is 3. The standard InChI is InChI=1S/C12H22N2O2S/c1-3-16-11(15)12(8-10(2)17-9-12)14-6-4-13-5-7-14/h10,13H,3-9H2,1-2H3. The third kappa shape index (κ3) is 2.61. The molecule has 2 aliphatic heterocycles. The van der Waals surface area contributed by atoms with Crippen molar-refractivity contribution in [2.45, 2.75) is 31.1 Å². The molecule has 0 amide bonds. The van der Waals surface area contributed by atoms with E-state index in [1.165, 1.54) is 0 Å². The lowest BCUT2D eigenvalue weighted by atomic mass is 9.93. The normalized spacial score (nSPS) is 34.8. The summed E-state index contributed by atoms with van der Waals surface area (Å²) in [5.74, 6) is 0.867. The van der Waals surface area contributed by atoms with Crippen LogP contribution in [-0.2, 0) is 9.53 Å². The van der Waals surface area contributed by atoms with Crippen LogP contribution in [-0.4, -0.2) is 60.2 Å². The van der Waals surface area contributed by atoms with Gasteiger partial charge in [0, 0.05) is 37.2 Å². The van der Waals surface area contributed by atoms with Crippen LogP contribution in [0, 0.1) is 0 Å². The Morgan fingerprint density at radius 2 is 2.24 bits per heavy atom. The lowest BCUT2D eigenvalue weighted by Gasteiger charge is -2.41. The number of carbonyl (C=O) groups is 1. The molecule has 98 valence electrons. The highest BCUT2D eigenvalue weighted by Crippen LogP contribution is 2.39. The molecule has 0 saturated carbocycles. The average Bonchev–Trinajstić information content (AvgIpc) is 2.74. The van der Waals surface area contributed by atoms with Crippen LogP contribution in [0.5, 0.6) is 0 Å². The van der Waals surface area contributed by atoms with Crippen LogP contribution in [0.3, 0.4) is 0 Å². The second-order valence-corrected chi connectivity index (χ2v) is 6.24. The molecule has 2 fully saturated rings. The van der Waals surface area contributed by atoms with Crippen molar-refractivity contribution < 1.29 is 9.53 Å². The van der Waals surface area contributed by atoms with Gasteiger partial charge in [-0.05, 0) is 13.3 Å². The van der Waals surface area contributed by atoms with Gasteiger partial charge in [0.25, 0.3) is 0 Å². The molecule has 0 radical (unpaired) electrons. The third-order valence-corrected chi connectivity index (χ3v) is 4.99. The van der Waals surface area contributed by atoms with Crippen LogP contribution < -0.4 is 5.32 Å². The van der Waals surface area contributed by atoms with Gasteiger partial charge in [0.05, 0.1) is 6.61 Å². The van der Waals surface area contributed by atoms with Crippen molar-refractivity contribution in [3.8, 4) is 0 Å². The zero-order valence-corrected chi connectivity index (χ0v) is 11.5. The van der Waals surface area contributed by atoms with E-state index in [9.17, 15) is 4.79 Å². The molecule has 2 aliphatic rings. The Balaban J connectivity index is 2.14. The predicted octanol–water partition coefficient (Wildman–Crippen LogP) is 0.719. The van der Waals surface area contributed by atoms with Crippen LogP contribution in [0.4, 0.5) is 0 Å². The van der Waals surface area contributed by atoms with E-state index in [1.807, 2.05) is 18.7 Å². The molecule has 17 heavy (non-hydrogen) atoms. The summed E-state index contributed by atoms with van der Waals surface area (Å²) in [6.07, 6.45) is 0.927. The van der Waals surface area contributed by atoms with Gasteiger partial charge in [-0.3, -0.25) is 9.69 Å². The van der Waals surface area contributed by atoms with E-state index in [-0.39, 0.29) is 11.5 Å². The second kappa shape index (κ2) is 5.59. The monoisotopic (exact) mass is 258 g/mol. The van der Waals surface area contributed by atoms with E-state index in [2.05, 4.69) is 17.1 Å². The maximum atomic E-state index is 12.3.